The zero-order chi connectivity index (χ0) is 17.2. The van der Waals surface area contributed by atoms with Crippen molar-refractivity contribution in [3.05, 3.63) is 0 Å². The molecule has 0 aromatic carbocycles. The van der Waals surface area contributed by atoms with Crippen molar-refractivity contribution in [2.24, 2.45) is 5.92 Å². The van der Waals surface area contributed by atoms with Crippen LogP contribution in [0.5, 0.6) is 0 Å². The van der Waals surface area contributed by atoms with Crippen LogP contribution in [0.3, 0.4) is 0 Å². The van der Waals surface area contributed by atoms with E-state index in [0.717, 1.165) is 17.7 Å². The van der Waals surface area contributed by atoms with Gasteiger partial charge in [-0.1, -0.05) is 0 Å². The number of amides is 4. The van der Waals surface area contributed by atoms with Crippen LogP contribution >= 0.6 is 11.8 Å². The molecule has 1 N–H and O–H groups in total. The normalized spacial score (nSPS) is 42.1. The zero-order valence-corrected chi connectivity index (χ0v) is 14.8. The van der Waals surface area contributed by atoms with Gasteiger partial charge < -0.3 is 14.5 Å². The quantitative estimate of drug-likeness (QED) is 0.705. The Labute approximate surface area is 144 Å². The van der Waals surface area contributed by atoms with Gasteiger partial charge in [-0.3, -0.25) is 19.8 Å². The Kier molecular flexibility index (Phi) is 3.77. The standard InChI is InChI=1S/C15H22N4O4S/c1-17-11-10(13(21)18(2)15(17)22)19-12(20)8-6-7(23-3)4-5-9(8)24-14(19)16-11/h7-11,14,16H,4-6H2,1-3H3. The first kappa shape index (κ1) is 16.2. The molecule has 0 bridgehead atoms. The molecule has 24 heavy (non-hydrogen) atoms. The van der Waals surface area contributed by atoms with E-state index in [0.29, 0.717) is 6.42 Å². The fourth-order valence-corrected chi connectivity index (χ4v) is 5.90. The lowest BCUT2D eigenvalue weighted by Gasteiger charge is -2.45. The Morgan fingerprint density at radius 2 is 1.92 bits per heavy atom. The number of hydrogen-bond acceptors (Lipinski definition) is 6. The van der Waals surface area contributed by atoms with Gasteiger partial charge in [-0.2, -0.15) is 0 Å². The van der Waals surface area contributed by atoms with Crippen molar-refractivity contribution in [3.63, 3.8) is 0 Å². The number of ether oxygens (including phenoxy) is 1. The topological polar surface area (TPSA) is 82.2 Å². The molecule has 4 aliphatic rings. The van der Waals surface area contributed by atoms with E-state index < -0.39 is 12.2 Å². The van der Waals surface area contributed by atoms with E-state index in [9.17, 15) is 14.4 Å². The minimum Gasteiger partial charge on any atom is -0.381 e. The fourth-order valence-electron chi connectivity index (χ4n) is 4.30. The van der Waals surface area contributed by atoms with Crippen LogP contribution in [0.1, 0.15) is 19.3 Å². The maximum atomic E-state index is 13.1. The maximum absolute atomic E-state index is 13.1. The molecular weight excluding hydrogens is 332 g/mol. The van der Waals surface area contributed by atoms with Crippen LogP contribution in [0, 0.1) is 5.92 Å². The number of carbonyl (C=O) groups excluding carboxylic acids is 3. The van der Waals surface area contributed by atoms with Crippen LogP contribution in [0.4, 0.5) is 4.79 Å². The summed E-state index contributed by atoms with van der Waals surface area (Å²) in [5.41, 5.74) is -0.251. The fraction of sp³-hybridized carbons (Fsp3) is 0.800. The van der Waals surface area contributed by atoms with E-state index in [2.05, 4.69) is 5.32 Å². The first-order valence-electron chi connectivity index (χ1n) is 8.25. The molecule has 3 saturated heterocycles. The van der Waals surface area contributed by atoms with Gasteiger partial charge in [0.05, 0.1) is 12.0 Å². The molecule has 1 saturated carbocycles. The molecule has 4 fully saturated rings. The molecule has 6 atom stereocenters. The summed E-state index contributed by atoms with van der Waals surface area (Å²) in [6, 6.07) is -0.991. The van der Waals surface area contributed by atoms with Gasteiger partial charge in [-0.25, -0.2) is 4.79 Å². The number of nitrogens with zero attached hydrogens (tertiary/aromatic N) is 3. The molecular formula is C15H22N4O4S. The summed E-state index contributed by atoms with van der Waals surface area (Å²) >= 11 is 1.70. The summed E-state index contributed by atoms with van der Waals surface area (Å²) in [4.78, 5) is 42.2. The summed E-state index contributed by atoms with van der Waals surface area (Å²) in [6.07, 6.45) is 2.24. The molecule has 132 valence electrons. The molecule has 6 unspecified atom stereocenters. The molecule has 4 amide bonds. The third kappa shape index (κ3) is 2.11. The molecule has 4 rings (SSSR count). The predicted molar refractivity (Wildman–Crippen MR) is 86.8 cm³/mol. The molecule has 3 heterocycles. The highest BCUT2D eigenvalue weighted by atomic mass is 32.2. The molecule has 0 aromatic rings. The molecule has 3 aliphatic heterocycles. The highest BCUT2D eigenvalue weighted by Crippen LogP contribution is 2.46. The number of fused-ring (bicyclic) bond motifs is 4. The number of imide groups is 1. The number of urea groups is 1. The second kappa shape index (κ2) is 5.60. The van der Waals surface area contributed by atoms with Crippen molar-refractivity contribution < 1.29 is 19.1 Å². The third-order valence-electron chi connectivity index (χ3n) is 5.70. The first-order chi connectivity index (χ1) is 11.4. The van der Waals surface area contributed by atoms with Crippen LogP contribution in [-0.2, 0) is 14.3 Å². The van der Waals surface area contributed by atoms with Crippen molar-refractivity contribution in [1.29, 1.82) is 0 Å². The monoisotopic (exact) mass is 354 g/mol. The second-order valence-corrected chi connectivity index (χ2v) is 8.22. The van der Waals surface area contributed by atoms with E-state index in [1.54, 1.807) is 30.8 Å². The van der Waals surface area contributed by atoms with Gasteiger partial charge in [0.25, 0.3) is 5.91 Å². The van der Waals surface area contributed by atoms with Crippen LogP contribution in [0.2, 0.25) is 0 Å². The average Bonchev–Trinajstić information content (AvgIpc) is 2.98. The van der Waals surface area contributed by atoms with E-state index in [4.69, 9.17) is 4.74 Å². The van der Waals surface area contributed by atoms with Gasteiger partial charge in [-0.05, 0) is 19.3 Å². The summed E-state index contributed by atoms with van der Waals surface area (Å²) in [5, 5.41) is 3.55. The SMILES string of the molecule is COC1CCC2SC3NC4C(C(=O)N(C)C(=O)N4C)N3C(=O)C2C1. The van der Waals surface area contributed by atoms with Crippen molar-refractivity contribution in [2.75, 3.05) is 21.2 Å². The molecule has 9 heteroatoms. The highest BCUT2D eigenvalue weighted by molar-refractivity contribution is 8.00. The van der Waals surface area contributed by atoms with Crippen molar-refractivity contribution in [1.82, 2.24) is 20.0 Å². The van der Waals surface area contributed by atoms with E-state index in [-0.39, 0.29) is 40.6 Å². The number of likely N-dealkylation sites (N-methyl/N-ethyl adjacent to an activating group) is 2. The average molecular weight is 354 g/mol. The lowest BCUT2D eigenvalue weighted by molar-refractivity contribution is -0.149. The van der Waals surface area contributed by atoms with Crippen LogP contribution in [0.15, 0.2) is 0 Å². The minimum atomic E-state index is -0.647. The van der Waals surface area contributed by atoms with Crippen molar-refractivity contribution in [2.45, 2.75) is 48.3 Å². The number of hydrogen-bond donors (Lipinski definition) is 1. The van der Waals surface area contributed by atoms with Gasteiger partial charge in [0.1, 0.15) is 17.7 Å². The zero-order valence-electron chi connectivity index (χ0n) is 14.0. The summed E-state index contributed by atoms with van der Waals surface area (Å²) in [5.74, 6) is -0.425. The van der Waals surface area contributed by atoms with Crippen LogP contribution in [0.25, 0.3) is 0 Å². The van der Waals surface area contributed by atoms with Crippen LogP contribution in [-0.4, -0.2) is 82.8 Å². The lowest BCUT2D eigenvalue weighted by atomic mass is 9.85. The van der Waals surface area contributed by atoms with Crippen molar-refractivity contribution in [3.8, 4) is 0 Å². The molecule has 0 aromatic heterocycles. The van der Waals surface area contributed by atoms with Gasteiger partial charge in [0.2, 0.25) is 5.91 Å². The number of methoxy groups -OCH3 is 1. The number of thioether (sulfide) groups is 1. The summed E-state index contributed by atoms with van der Waals surface area (Å²) in [7, 11) is 4.82. The van der Waals surface area contributed by atoms with Gasteiger partial charge in [-0.15, -0.1) is 11.8 Å². The Morgan fingerprint density at radius 1 is 1.17 bits per heavy atom. The largest absolute Gasteiger partial charge is 0.381 e. The molecule has 0 spiro atoms. The number of carbonyl (C=O) groups is 3. The Balaban J connectivity index is 1.64. The van der Waals surface area contributed by atoms with E-state index in [1.807, 2.05) is 0 Å². The Morgan fingerprint density at radius 3 is 2.62 bits per heavy atom. The summed E-state index contributed by atoms with van der Waals surface area (Å²) < 4.78 is 5.45. The second-order valence-electron chi connectivity index (χ2n) is 6.90. The van der Waals surface area contributed by atoms with Crippen molar-refractivity contribution >= 4 is 29.6 Å². The van der Waals surface area contributed by atoms with Gasteiger partial charge in [0.15, 0.2) is 0 Å². The summed E-state index contributed by atoms with van der Waals surface area (Å²) in [6.45, 7) is 0. The predicted octanol–water partition coefficient (Wildman–Crippen LogP) is -0.149. The highest BCUT2D eigenvalue weighted by Gasteiger charge is 2.59. The first-order valence-corrected chi connectivity index (χ1v) is 9.19. The van der Waals surface area contributed by atoms with Gasteiger partial charge >= 0.3 is 6.03 Å². The Hall–Kier alpha value is -1.32. The van der Waals surface area contributed by atoms with E-state index >= 15 is 0 Å². The molecule has 0 radical (unpaired) electrons. The molecule has 8 nitrogen and oxygen atoms in total. The molecule has 1 aliphatic carbocycles. The smallest absolute Gasteiger partial charge is 0.327 e. The minimum absolute atomic E-state index is 0.00926. The number of nitrogens with one attached hydrogen (secondary N) is 1. The van der Waals surface area contributed by atoms with E-state index in [1.165, 1.54) is 11.9 Å². The maximum Gasteiger partial charge on any atom is 0.327 e. The lowest BCUT2D eigenvalue weighted by Crippen LogP contribution is -2.66. The van der Waals surface area contributed by atoms with Crippen LogP contribution < -0.4 is 5.32 Å². The third-order valence-corrected chi connectivity index (χ3v) is 7.24. The number of rotatable bonds is 1. The van der Waals surface area contributed by atoms with Gasteiger partial charge in [0, 0.05) is 26.5 Å². The Bertz CT molecular complexity index is 602.